The maximum absolute atomic E-state index is 13.1. The topological polar surface area (TPSA) is 54.4 Å². The number of alkyl halides is 1. The van der Waals surface area contributed by atoms with Gasteiger partial charge in [-0.05, 0) is 23.1 Å². The predicted octanol–water partition coefficient (Wildman–Crippen LogP) is 2.76. The van der Waals surface area contributed by atoms with E-state index in [1.165, 1.54) is 24.3 Å². The molecule has 0 fully saturated rings. The molecule has 1 N–H and O–H groups in total. The Balaban J connectivity index is 3.04. The number of halogens is 1. The summed E-state index contributed by atoms with van der Waals surface area (Å²) >= 11 is 0. The van der Waals surface area contributed by atoms with Gasteiger partial charge < -0.3 is 5.11 Å². The van der Waals surface area contributed by atoms with Crippen LogP contribution in [0.25, 0.3) is 0 Å². The number of aliphatic hydroxyl groups is 1. The highest BCUT2D eigenvalue weighted by Crippen LogP contribution is 2.36. The number of hydrogen-bond acceptors (Lipinski definition) is 3. The predicted molar refractivity (Wildman–Crippen MR) is 73.4 cm³/mol. The van der Waals surface area contributed by atoms with Crippen LogP contribution in [-0.4, -0.2) is 26.5 Å². The number of hydrogen-bond donors (Lipinski definition) is 1. The molecule has 2 atom stereocenters. The second-order valence-corrected chi connectivity index (χ2v) is 7.93. The number of sulfone groups is 1. The molecule has 5 heteroatoms. The standard InChI is InChI=1S/C14H21FO3S/c1-14(2,3)12(9-15)13(16)10-5-7-11(8-6-10)19(4,17)18/h5-8,12-13,16H,9H2,1-4H3/t12-,13+/m1/s1. The minimum atomic E-state index is -3.26. The van der Waals surface area contributed by atoms with E-state index >= 15 is 0 Å². The maximum atomic E-state index is 13.1. The highest BCUT2D eigenvalue weighted by molar-refractivity contribution is 7.90. The highest BCUT2D eigenvalue weighted by atomic mass is 32.2. The molecule has 108 valence electrons. The van der Waals surface area contributed by atoms with E-state index in [2.05, 4.69) is 0 Å². The molecule has 0 amide bonds. The van der Waals surface area contributed by atoms with Gasteiger partial charge in [0.15, 0.2) is 9.84 Å². The summed E-state index contributed by atoms with van der Waals surface area (Å²) < 4.78 is 35.8. The van der Waals surface area contributed by atoms with Gasteiger partial charge in [-0.2, -0.15) is 0 Å². The molecule has 0 aliphatic carbocycles. The number of rotatable bonds is 4. The second-order valence-electron chi connectivity index (χ2n) is 5.91. The average Bonchev–Trinajstić information content (AvgIpc) is 2.27. The quantitative estimate of drug-likeness (QED) is 0.927. The molecule has 0 unspecified atom stereocenters. The minimum Gasteiger partial charge on any atom is -0.388 e. The fourth-order valence-corrected chi connectivity index (χ4v) is 2.56. The molecule has 0 spiro atoms. The lowest BCUT2D eigenvalue weighted by atomic mass is 9.76. The van der Waals surface area contributed by atoms with Crippen molar-refractivity contribution in [1.82, 2.24) is 0 Å². The fraction of sp³-hybridized carbons (Fsp3) is 0.571. The van der Waals surface area contributed by atoms with Crippen LogP contribution in [-0.2, 0) is 9.84 Å². The molecule has 1 rings (SSSR count). The summed E-state index contributed by atoms with van der Waals surface area (Å²) in [4.78, 5) is 0.191. The molecule has 0 bridgehead atoms. The Morgan fingerprint density at radius 1 is 1.21 bits per heavy atom. The summed E-state index contributed by atoms with van der Waals surface area (Å²) in [6.45, 7) is 4.97. The van der Waals surface area contributed by atoms with Crippen LogP contribution in [0.3, 0.4) is 0 Å². The van der Waals surface area contributed by atoms with Crippen molar-refractivity contribution in [3.63, 3.8) is 0 Å². The number of benzene rings is 1. The highest BCUT2D eigenvalue weighted by Gasteiger charge is 2.32. The summed E-state index contributed by atoms with van der Waals surface area (Å²) in [5.74, 6) is -0.531. The average molecular weight is 288 g/mol. The summed E-state index contributed by atoms with van der Waals surface area (Å²) in [6, 6.07) is 5.95. The van der Waals surface area contributed by atoms with Gasteiger partial charge in [-0.25, -0.2) is 8.42 Å². The maximum Gasteiger partial charge on any atom is 0.175 e. The van der Waals surface area contributed by atoms with Crippen molar-refractivity contribution in [3.05, 3.63) is 29.8 Å². The molecule has 0 aliphatic rings. The van der Waals surface area contributed by atoms with Crippen LogP contribution in [0.2, 0.25) is 0 Å². The molecular weight excluding hydrogens is 267 g/mol. The minimum absolute atomic E-state index is 0.191. The first-order valence-corrected chi connectivity index (χ1v) is 8.00. The van der Waals surface area contributed by atoms with Gasteiger partial charge in [-0.3, -0.25) is 4.39 Å². The Bertz CT molecular complexity index is 515. The van der Waals surface area contributed by atoms with Crippen LogP contribution in [0.1, 0.15) is 32.4 Å². The molecule has 0 radical (unpaired) electrons. The second kappa shape index (κ2) is 5.59. The SMILES string of the molecule is CC(C)(C)[C@H](CF)[C@@H](O)c1ccc(S(C)(=O)=O)cc1. The Morgan fingerprint density at radius 3 is 2.00 bits per heavy atom. The van der Waals surface area contributed by atoms with Gasteiger partial charge in [0.05, 0.1) is 17.7 Å². The van der Waals surface area contributed by atoms with Gasteiger partial charge in [-0.1, -0.05) is 32.9 Å². The smallest absolute Gasteiger partial charge is 0.175 e. The molecule has 0 saturated carbocycles. The van der Waals surface area contributed by atoms with Crippen LogP contribution >= 0.6 is 0 Å². The van der Waals surface area contributed by atoms with E-state index in [-0.39, 0.29) is 10.3 Å². The van der Waals surface area contributed by atoms with Crippen LogP contribution in [0, 0.1) is 11.3 Å². The van der Waals surface area contributed by atoms with Crippen molar-refractivity contribution in [2.75, 3.05) is 12.9 Å². The fourth-order valence-electron chi connectivity index (χ4n) is 1.93. The van der Waals surface area contributed by atoms with Crippen molar-refractivity contribution >= 4 is 9.84 Å². The van der Waals surface area contributed by atoms with E-state index in [9.17, 15) is 17.9 Å². The third-order valence-corrected chi connectivity index (χ3v) is 4.44. The molecular formula is C14H21FO3S. The summed E-state index contributed by atoms with van der Waals surface area (Å²) in [7, 11) is -3.26. The van der Waals surface area contributed by atoms with Gasteiger partial charge in [0.25, 0.3) is 0 Å². The Morgan fingerprint density at radius 2 is 1.68 bits per heavy atom. The van der Waals surface area contributed by atoms with Gasteiger partial charge >= 0.3 is 0 Å². The van der Waals surface area contributed by atoms with Gasteiger partial charge in [0, 0.05) is 12.2 Å². The van der Waals surface area contributed by atoms with Gasteiger partial charge in [0.1, 0.15) is 0 Å². The largest absolute Gasteiger partial charge is 0.388 e. The molecule has 1 aromatic carbocycles. The van der Waals surface area contributed by atoms with Gasteiger partial charge in [0.2, 0.25) is 0 Å². The first kappa shape index (κ1) is 16.1. The molecule has 0 heterocycles. The molecule has 0 aliphatic heterocycles. The van der Waals surface area contributed by atoms with Crippen LogP contribution in [0.15, 0.2) is 29.2 Å². The summed E-state index contributed by atoms with van der Waals surface area (Å²) in [6.07, 6.45) is 0.177. The molecule has 0 saturated heterocycles. The van der Waals surface area contributed by atoms with Crippen molar-refractivity contribution in [1.29, 1.82) is 0 Å². The van der Waals surface area contributed by atoms with E-state index in [1.807, 2.05) is 20.8 Å². The lowest BCUT2D eigenvalue weighted by Crippen LogP contribution is -2.28. The summed E-state index contributed by atoms with van der Waals surface area (Å²) in [5, 5.41) is 10.2. The Labute approximate surface area is 114 Å². The summed E-state index contributed by atoms with van der Waals surface area (Å²) in [5.41, 5.74) is 0.161. The van der Waals surface area contributed by atoms with E-state index in [0.717, 1.165) is 6.26 Å². The van der Waals surface area contributed by atoms with Crippen molar-refractivity contribution < 1.29 is 17.9 Å². The van der Waals surface area contributed by atoms with Gasteiger partial charge in [-0.15, -0.1) is 0 Å². The van der Waals surface area contributed by atoms with Crippen LogP contribution < -0.4 is 0 Å². The van der Waals surface area contributed by atoms with Crippen molar-refractivity contribution in [2.45, 2.75) is 31.8 Å². The monoisotopic (exact) mass is 288 g/mol. The zero-order chi connectivity index (χ0) is 14.8. The molecule has 19 heavy (non-hydrogen) atoms. The Kier molecular flexibility index (Phi) is 4.74. The lowest BCUT2D eigenvalue weighted by molar-refractivity contribution is 0.0256. The van der Waals surface area contributed by atoms with Crippen LogP contribution in [0.5, 0.6) is 0 Å². The van der Waals surface area contributed by atoms with Crippen LogP contribution in [0.4, 0.5) is 4.39 Å². The number of aliphatic hydroxyl groups excluding tert-OH is 1. The first-order valence-electron chi connectivity index (χ1n) is 6.11. The lowest BCUT2D eigenvalue weighted by Gasteiger charge is -2.32. The molecule has 3 nitrogen and oxygen atoms in total. The van der Waals surface area contributed by atoms with Crippen molar-refractivity contribution in [3.8, 4) is 0 Å². The first-order chi connectivity index (χ1) is 8.57. The van der Waals surface area contributed by atoms with Crippen molar-refractivity contribution in [2.24, 2.45) is 11.3 Å². The van der Waals surface area contributed by atoms with E-state index in [4.69, 9.17) is 0 Å². The molecule has 1 aromatic rings. The molecule has 0 aromatic heterocycles. The van der Waals surface area contributed by atoms with E-state index in [1.54, 1.807) is 0 Å². The third-order valence-electron chi connectivity index (χ3n) is 3.31. The van der Waals surface area contributed by atoms with E-state index < -0.39 is 28.5 Å². The Hall–Kier alpha value is -0.940. The zero-order valence-corrected chi connectivity index (χ0v) is 12.5. The zero-order valence-electron chi connectivity index (χ0n) is 11.7. The third kappa shape index (κ3) is 4.01. The van der Waals surface area contributed by atoms with E-state index in [0.29, 0.717) is 5.56 Å². The normalized spacial score (nSPS) is 16.1.